The molecule has 2 atom stereocenters. The molecule has 0 aromatic carbocycles. The molecule has 0 spiro atoms. The summed E-state index contributed by atoms with van der Waals surface area (Å²) in [6, 6.07) is 5.63. The number of ether oxygens (including phenoxy) is 1. The highest BCUT2D eigenvalue weighted by Gasteiger charge is 2.34. The lowest BCUT2D eigenvalue weighted by Gasteiger charge is -2.16. The topological polar surface area (TPSA) is 71.5 Å². The second-order valence-electron chi connectivity index (χ2n) is 5.88. The van der Waals surface area contributed by atoms with Crippen LogP contribution >= 0.6 is 0 Å². The van der Waals surface area contributed by atoms with Gasteiger partial charge in [-0.2, -0.15) is 0 Å². The fraction of sp³-hybridized carbons (Fsp3) is 0.562. The van der Waals surface area contributed by atoms with Crippen LogP contribution in [0.5, 0.6) is 0 Å². The van der Waals surface area contributed by atoms with Gasteiger partial charge in [-0.15, -0.1) is 0 Å². The molecule has 3 rings (SSSR count). The van der Waals surface area contributed by atoms with Crippen molar-refractivity contribution < 1.29 is 14.3 Å². The van der Waals surface area contributed by atoms with Gasteiger partial charge in [-0.05, 0) is 25.0 Å². The number of hydrogen-bond donors (Lipinski definition) is 1. The Bertz CT molecular complexity index is 529. The molecule has 2 fully saturated rings. The molecule has 118 valence electrons. The van der Waals surface area contributed by atoms with E-state index in [-0.39, 0.29) is 30.3 Å². The molecule has 2 amide bonds. The first-order valence-electron chi connectivity index (χ1n) is 7.79. The lowest BCUT2D eigenvalue weighted by molar-refractivity contribution is -0.129. The van der Waals surface area contributed by atoms with Gasteiger partial charge in [0, 0.05) is 32.3 Å². The number of aromatic nitrogens is 1. The van der Waals surface area contributed by atoms with Crippen LogP contribution in [0.3, 0.4) is 0 Å². The van der Waals surface area contributed by atoms with E-state index in [0.29, 0.717) is 19.6 Å². The van der Waals surface area contributed by atoms with Gasteiger partial charge < -0.3 is 15.0 Å². The second-order valence-corrected chi connectivity index (χ2v) is 5.88. The number of carbonyl (C=O) groups excluding carboxylic acids is 2. The maximum atomic E-state index is 12.2. The van der Waals surface area contributed by atoms with Crippen molar-refractivity contribution in [2.75, 3.05) is 19.7 Å². The van der Waals surface area contributed by atoms with Crippen LogP contribution in [-0.4, -0.2) is 47.5 Å². The molecule has 1 aromatic rings. The minimum atomic E-state index is -0.266. The van der Waals surface area contributed by atoms with Gasteiger partial charge in [-0.1, -0.05) is 6.07 Å². The Labute approximate surface area is 129 Å². The standard InChI is InChI=1S/C16H21N3O3/c20-15-8-12(16(21)18-9-14-5-3-7-22-14)10-19(15)11-13-4-1-2-6-17-13/h1-2,4,6,12,14H,3,5,7-11H2,(H,18,21)/t12-,14-/m1/s1. The zero-order valence-electron chi connectivity index (χ0n) is 12.5. The van der Waals surface area contributed by atoms with Gasteiger partial charge in [0.2, 0.25) is 11.8 Å². The van der Waals surface area contributed by atoms with Crippen LogP contribution in [0.15, 0.2) is 24.4 Å². The number of nitrogens with zero attached hydrogens (tertiary/aromatic N) is 2. The van der Waals surface area contributed by atoms with E-state index < -0.39 is 0 Å². The summed E-state index contributed by atoms with van der Waals surface area (Å²) < 4.78 is 5.49. The lowest BCUT2D eigenvalue weighted by Crippen LogP contribution is -2.37. The minimum Gasteiger partial charge on any atom is -0.376 e. The summed E-state index contributed by atoms with van der Waals surface area (Å²) in [6.45, 7) is 2.26. The number of hydrogen-bond acceptors (Lipinski definition) is 4. The molecule has 6 heteroatoms. The summed E-state index contributed by atoms with van der Waals surface area (Å²) in [7, 11) is 0. The van der Waals surface area contributed by atoms with E-state index in [1.807, 2.05) is 18.2 Å². The molecule has 0 unspecified atom stereocenters. The molecule has 2 aliphatic heterocycles. The van der Waals surface area contributed by atoms with E-state index in [4.69, 9.17) is 4.74 Å². The summed E-state index contributed by atoms with van der Waals surface area (Å²) >= 11 is 0. The van der Waals surface area contributed by atoms with Crippen LogP contribution in [0.1, 0.15) is 25.0 Å². The minimum absolute atomic E-state index is 0.0166. The zero-order chi connectivity index (χ0) is 15.4. The number of carbonyl (C=O) groups is 2. The third-order valence-corrected chi connectivity index (χ3v) is 4.19. The Morgan fingerprint density at radius 1 is 1.45 bits per heavy atom. The van der Waals surface area contributed by atoms with Gasteiger partial charge in [0.1, 0.15) is 0 Å². The van der Waals surface area contributed by atoms with Crippen LogP contribution in [-0.2, 0) is 20.9 Å². The number of likely N-dealkylation sites (tertiary alicyclic amines) is 1. The fourth-order valence-electron chi connectivity index (χ4n) is 2.95. The van der Waals surface area contributed by atoms with Crippen molar-refractivity contribution in [3.63, 3.8) is 0 Å². The molecular formula is C16H21N3O3. The van der Waals surface area contributed by atoms with Crippen molar-refractivity contribution in [2.24, 2.45) is 5.92 Å². The van der Waals surface area contributed by atoms with Crippen LogP contribution in [0.4, 0.5) is 0 Å². The molecule has 0 aliphatic carbocycles. The quantitative estimate of drug-likeness (QED) is 0.870. The molecular weight excluding hydrogens is 282 g/mol. The van der Waals surface area contributed by atoms with Crippen molar-refractivity contribution in [3.05, 3.63) is 30.1 Å². The molecule has 22 heavy (non-hydrogen) atoms. The normalized spacial score (nSPS) is 24.7. The van der Waals surface area contributed by atoms with Crippen LogP contribution in [0.25, 0.3) is 0 Å². The van der Waals surface area contributed by atoms with Crippen molar-refractivity contribution >= 4 is 11.8 Å². The molecule has 1 aromatic heterocycles. The Morgan fingerprint density at radius 3 is 3.09 bits per heavy atom. The highest BCUT2D eigenvalue weighted by Crippen LogP contribution is 2.20. The summed E-state index contributed by atoms with van der Waals surface area (Å²) in [6.07, 6.45) is 4.17. The number of nitrogens with one attached hydrogen (secondary N) is 1. The lowest BCUT2D eigenvalue weighted by atomic mass is 10.1. The monoisotopic (exact) mass is 303 g/mol. The molecule has 1 N–H and O–H groups in total. The SMILES string of the molecule is O=C(NC[C@H]1CCCO1)[C@@H]1CC(=O)N(Cc2ccccn2)C1. The van der Waals surface area contributed by atoms with Crippen LogP contribution in [0.2, 0.25) is 0 Å². The summed E-state index contributed by atoms with van der Waals surface area (Å²) in [5, 5.41) is 2.91. The molecule has 2 saturated heterocycles. The summed E-state index contributed by atoms with van der Waals surface area (Å²) in [5.41, 5.74) is 0.844. The van der Waals surface area contributed by atoms with E-state index in [2.05, 4.69) is 10.3 Å². The van der Waals surface area contributed by atoms with Crippen LogP contribution < -0.4 is 5.32 Å². The van der Waals surface area contributed by atoms with E-state index in [1.54, 1.807) is 11.1 Å². The molecule has 3 heterocycles. The van der Waals surface area contributed by atoms with Gasteiger partial charge in [-0.25, -0.2) is 0 Å². The third kappa shape index (κ3) is 3.62. The first-order chi connectivity index (χ1) is 10.7. The van der Waals surface area contributed by atoms with Gasteiger partial charge in [0.05, 0.1) is 24.3 Å². The highest BCUT2D eigenvalue weighted by molar-refractivity contribution is 5.89. The average molecular weight is 303 g/mol. The van der Waals surface area contributed by atoms with Gasteiger partial charge in [0.15, 0.2) is 0 Å². The predicted octanol–water partition coefficient (Wildman–Crippen LogP) is 0.725. The predicted molar refractivity (Wildman–Crippen MR) is 79.7 cm³/mol. The van der Waals surface area contributed by atoms with Crippen molar-refractivity contribution in [2.45, 2.75) is 31.9 Å². The Kier molecular flexibility index (Phi) is 4.68. The summed E-state index contributed by atoms with van der Waals surface area (Å²) in [5.74, 6) is -0.298. The van der Waals surface area contributed by atoms with E-state index in [0.717, 1.165) is 25.1 Å². The maximum absolute atomic E-state index is 12.2. The first-order valence-corrected chi connectivity index (χ1v) is 7.79. The van der Waals surface area contributed by atoms with E-state index >= 15 is 0 Å². The first kappa shape index (κ1) is 15.0. The number of amides is 2. The largest absolute Gasteiger partial charge is 0.376 e. The fourth-order valence-corrected chi connectivity index (χ4v) is 2.95. The number of rotatable bonds is 5. The Hall–Kier alpha value is -1.95. The van der Waals surface area contributed by atoms with Gasteiger partial charge in [-0.3, -0.25) is 14.6 Å². The molecule has 0 saturated carbocycles. The second kappa shape index (κ2) is 6.87. The highest BCUT2D eigenvalue weighted by atomic mass is 16.5. The van der Waals surface area contributed by atoms with Crippen molar-refractivity contribution in [1.82, 2.24) is 15.2 Å². The Balaban J connectivity index is 1.49. The molecule has 2 aliphatic rings. The van der Waals surface area contributed by atoms with E-state index in [1.165, 1.54) is 0 Å². The summed E-state index contributed by atoms with van der Waals surface area (Å²) in [4.78, 5) is 30.2. The smallest absolute Gasteiger partial charge is 0.225 e. The number of pyridine rings is 1. The van der Waals surface area contributed by atoms with Gasteiger partial charge >= 0.3 is 0 Å². The molecule has 6 nitrogen and oxygen atoms in total. The van der Waals surface area contributed by atoms with Crippen molar-refractivity contribution in [3.8, 4) is 0 Å². The van der Waals surface area contributed by atoms with E-state index in [9.17, 15) is 9.59 Å². The van der Waals surface area contributed by atoms with Crippen LogP contribution in [0, 0.1) is 5.92 Å². The maximum Gasteiger partial charge on any atom is 0.225 e. The molecule has 0 radical (unpaired) electrons. The molecule has 0 bridgehead atoms. The zero-order valence-corrected chi connectivity index (χ0v) is 12.5. The average Bonchev–Trinajstić information content (AvgIpc) is 3.16. The van der Waals surface area contributed by atoms with Gasteiger partial charge in [0.25, 0.3) is 0 Å². The Morgan fingerprint density at radius 2 is 2.36 bits per heavy atom. The van der Waals surface area contributed by atoms with Crippen molar-refractivity contribution in [1.29, 1.82) is 0 Å². The third-order valence-electron chi connectivity index (χ3n) is 4.19.